The van der Waals surface area contributed by atoms with Crippen molar-refractivity contribution >= 4 is 37.0 Å². The summed E-state index contributed by atoms with van der Waals surface area (Å²) in [6.45, 7) is 4.97. The number of hydrogen-bond donors (Lipinski definition) is 0. The van der Waals surface area contributed by atoms with Crippen molar-refractivity contribution in [3.63, 3.8) is 0 Å². The number of hydrogen-bond acceptors (Lipinski definition) is 0. The van der Waals surface area contributed by atoms with Crippen molar-refractivity contribution in [1.29, 1.82) is 0 Å². The highest BCUT2D eigenvalue weighted by Gasteiger charge is 2.38. The van der Waals surface area contributed by atoms with Gasteiger partial charge < -0.3 is 0 Å². The van der Waals surface area contributed by atoms with Gasteiger partial charge in [0, 0.05) is 10.6 Å². The summed E-state index contributed by atoms with van der Waals surface area (Å²) in [7, 11) is -1.67. The summed E-state index contributed by atoms with van der Waals surface area (Å²) in [5.41, 5.74) is 6.08. The van der Waals surface area contributed by atoms with Gasteiger partial charge in [0.15, 0.2) is 0 Å². The van der Waals surface area contributed by atoms with Crippen LogP contribution in [-0.2, 0) is 6.42 Å². The third-order valence-electron chi connectivity index (χ3n) is 5.17. The third kappa shape index (κ3) is 1.96. The predicted molar refractivity (Wildman–Crippen MR) is 99.5 cm³/mol. The van der Waals surface area contributed by atoms with Gasteiger partial charge in [0.05, 0.1) is 8.07 Å². The van der Waals surface area contributed by atoms with Crippen LogP contribution in [0, 0.1) is 0 Å². The van der Waals surface area contributed by atoms with Gasteiger partial charge in [0.1, 0.15) is 0 Å². The van der Waals surface area contributed by atoms with E-state index in [0.29, 0.717) is 5.54 Å². The van der Waals surface area contributed by atoms with Gasteiger partial charge in [-0.1, -0.05) is 84.5 Å². The third-order valence-corrected chi connectivity index (χ3v) is 9.38. The largest absolute Gasteiger partial charge is 0.0927 e. The molecule has 0 radical (unpaired) electrons. The Morgan fingerprint density at radius 3 is 2.68 bits per heavy atom. The minimum Gasteiger partial charge on any atom is -0.0837 e. The Morgan fingerprint density at radius 1 is 1.00 bits per heavy atom. The SMILES string of the molecule is C[Si](C)(c1cccc2c1C=CC2)C1C=Cc2c(Cl)cccc21. The second-order valence-corrected chi connectivity index (χ2v) is 11.8. The Labute approximate surface area is 138 Å². The molecule has 0 aromatic heterocycles. The Hall–Kier alpha value is -1.57. The number of benzene rings is 2. The van der Waals surface area contributed by atoms with E-state index in [2.05, 4.69) is 67.7 Å². The van der Waals surface area contributed by atoms with Crippen molar-refractivity contribution in [3.05, 3.63) is 75.8 Å². The van der Waals surface area contributed by atoms with Crippen LogP contribution in [-0.4, -0.2) is 8.07 Å². The molecule has 0 saturated carbocycles. The Balaban J connectivity index is 1.85. The maximum atomic E-state index is 6.38. The van der Waals surface area contributed by atoms with Crippen LogP contribution in [0.25, 0.3) is 12.2 Å². The molecular weight excluding hydrogens is 304 g/mol. The first kappa shape index (κ1) is 14.0. The lowest BCUT2D eigenvalue weighted by molar-refractivity contribution is 1.17. The molecule has 0 fully saturated rings. The summed E-state index contributed by atoms with van der Waals surface area (Å²) < 4.78 is 0. The summed E-state index contributed by atoms with van der Waals surface area (Å²) in [6.07, 6.45) is 10.3. The van der Waals surface area contributed by atoms with Crippen LogP contribution in [0.2, 0.25) is 18.1 Å². The average molecular weight is 323 g/mol. The minimum atomic E-state index is -1.67. The molecule has 0 amide bonds. The van der Waals surface area contributed by atoms with Gasteiger partial charge in [-0.15, -0.1) is 0 Å². The summed E-state index contributed by atoms with van der Waals surface area (Å²) in [5, 5.41) is 2.44. The van der Waals surface area contributed by atoms with E-state index < -0.39 is 8.07 Å². The van der Waals surface area contributed by atoms with E-state index in [0.717, 1.165) is 11.4 Å². The lowest BCUT2D eigenvalue weighted by Crippen LogP contribution is -2.48. The van der Waals surface area contributed by atoms with Crippen molar-refractivity contribution in [1.82, 2.24) is 0 Å². The van der Waals surface area contributed by atoms with Gasteiger partial charge in [-0.2, -0.15) is 0 Å². The highest BCUT2D eigenvalue weighted by molar-refractivity contribution is 6.92. The number of rotatable bonds is 2. The molecule has 0 nitrogen and oxygen atoms in total. The van der Waals surface area contributed by atoms with E-state index in [1.807, 2.05) is 6.07 Å². The fourth-order valence-corrected chi connectivity index (χ4v) is 7.60. The van der Waals surface area contributed by atoms with Crippen LogP contribution in [0.3, 0.4) is 0 Å². The second-order valence-electron chi connectivity index (χ2n) is 6.79. The van der Waals surface area contributed by atoms with Gasteiger partial charge in [0.25, 0.3) is 0 Å². The van der Waals surface area contributed by atoms with Gasteiger partial charge in [-0.05, 0) is 34.7 Å². The van der Waals surface area contributed by atoms with E-state index in [-0.39, 0.29) is 0 Å². The zero-order chi connectivity index (χ0) is 15.3. The van der Waals surface area contributed by atoms with Gasteiger partial charge in [0.2, 0.25) is 0 Å². The van der Waals surface area contributed by atoms with Crippen molar-refractivity contribution < 1.29 is 0 Å². The molecule has 0 bridgehead atoms. The summed E-state index contributed by atoms with van der Waals surface area (Å²) in [5.74, 6) is 0. The molecule has 0 saturated heterocycles. The fourth-order valence-electron chi connectivity index (χ4n) is 3.95. The van der Waals surface area contributed by atoms with Crippen LogP contribution in [0.15, 0.2) is 48.6 Å². The quantitative estimate of drug-likeness (QED) is 0.669. The molecule has 0 N–H and O–H groups in total. The molecule has 4 rings (SSSR count). The van der Waals surface area contributed by atoms with E-state index in [4.69, 9.17) is 11.6 Å². The molecule has 0 spiro atoms. The van der Waals surface area contributed by atoms with E-state index >= 15 is 0 Å². The Bertz CT molecular complexity index is 814. The number of fused-ring (bicyclic) bond motifs is 2. The van der Waals surface area contributed by atoms with Crippen LogP contribution in [0.1, 0.15) is 27.8 Å². The van der Waals surface area contributed by atoms with E-state index in [9.17, 15) is 0 Å². The second kappa shape index (κ2) is 4.97. The predicted octanol–water partition coefficient (Wildman–Crippen LogP) is 5.17. The van der Waals surface area contributed by atoms with E-state index in [1.54, 1.807) is 5.19 Å². The van der Waals surface area contributed by atoms with Gasteiger partial charge in [-0.3, -0.25) is 0 Å². The first-order chi connectivity index (χ1) is 10.6. The lowest BCUT2D eigenvalue weighted by atomic mass is 10.1. The number of halogens is 1. The maximum absolute atomic E-state index is 6.38. The zero-order valence-corrected chi connectivity index (χ0v) is 14.7. The monoisotopic (exact) mass is 322 g/mol. The van der Waals surface area contributed by atoms with Crippen LogP contribution in [0.5, 0.6) is 0 Å². The van der Waals surface area contributed by atoms with Crippen molar-refractivity contribution in [2.75, 3.05) is 0 Å². The lowest BCUT2D eigenvalue weighted by Gasteiger charge is -2.32. The van der Waals surface area contributed by atoms with Crippen molar-refractivity contribution in [3.8, 4) is 0 Å². The molecule has 0 aliphatic heterocycles. The molecule has 110 valence electrons. The summed E-state index contributed by atoms with van der Waals surface area (Å²) in [4.78, 5) is 0. The molecule has 2 aromatic carbocycles. The van der Waals surface area contributed by atoms with Gasteiger partial charge >= 0.3 is 0 Å². The highest BCUT2D eigenvalue weighted by Crippen LogP contribution is 2.40. The van der Waals surface area contributed by atoms with E-state index in [1.165, 1.54) is 22.3 Å². The number of allylic oxidation sites excluding steroid dienone is 2. The van der Waals surface area contributed by atoms with Crippen molar-refractivity contribution in [2.45, 2.75) is 25.1 Å². The standard InChI is InChI=1S/C20H19ClSi/c1-22(2,19-11-4-7-14-6-3-8-15(14)19)20-13-12-16-17(20)9-5-10-18(16)21/h3-5,7-13,20H,6H2,1-2H3. The summed E-state index contributed by atoms with van der Waals surface area (Å²) >= 11 is 6.38. The topological polar surface area (TPSA) is 0 Å². The van der Waals surface area contributed by atoms with Crippen LogP contribution >= 0.6 is 11.6 Å². The molecule has 2 aromatic rings. The Kier molecular flexibility index (Phi) is 3.17. The molecular formula is C20H19ClSi. The first-order valence-corrected chi connectivity index (χ1v) is 11.3. The van der Waals surface area contributed by atoms with Crippen LogP contribution < -0.4 is 5.19 Å². The Morgan fingerprint density at radius 2 is 1.82 bits per heavy atom. The maximum Gasteiger partial charge on any atom is 0.0927 e. The molecule has 2 heteroatoms. The van der Waals surface area contributed by atoms with Crippen molar-refractivity contribution in [2.24, 2.45) is 0 Å². The minimum absolute atomic E-state index is 0.502. The normalized spacial score (nSPS) is 18.6. The molecule has 22 heavy (non-hydrogen) atoms. The summed E-state index contributed by atoms with van der Waals surface area (Å²) in [6, 6.07) is 13.2. The van der Waals surface area contributed by atoms with Gasteiger partial charge in [-0.25, -0.2) is 0 Å². The highest BCUT2D eigenvalue weighted by atomic mass is 35.5. The molecule has 1 unspecified atom stereocenters. The average Bonchev–Trinajstić information content (AvgIpc) is 3.14. The molecule has 1 atom stereocenters. The first-order valence-electron chi connectivity index (χ1n) is 7.84. The smallest absolute Gasteiger partial charge is 0.0837 e. The zero-order valence-electron chi connectivity index (χ0n) is 12.9. The van der Waals surface area contributed by atoms with Crippen LogP contribution in [0.4, 0.5) is 0 Å². The molecule has 2 aliphatic carbocycles. The molecule has 2 aliphatic rings. The fraction of sp³-hybridized carbons (Fsp3) is 0.200. The molecule has 0 heterocycles.